The highest BCUT2D eigenvalue weighted by molar-refractivity contribution is 7.09. The first-order valence-electron chi connectivity index (χ1n) is 7.91. The molecule has 0 aliphatic heterocycles. The van der Waals surface area contributed by atoms with Gasteiger partial charge in [0.1, 0.15) is 18.9 Å². The van der Waals surface area contributed by atoms with Gasteiger partial charge in [0.15, 0.2) is 0 Å². The normalized spacial score (nSPS) is 10.9. The topological polar surface area (TPSA) is 62.5 Å². The number of anilines is 1. The van der Waals surface area contributed by atoms with Gasteiger partial charge < -0.3 is 21.9 Å². The first kappa shape index (κ1) is 20.5. The fraction of sp³-hybridized carbons (Fsp3) is 0.312. The summed E-state index contributed by atoms with van der Waals surface area (Å²) < 4.78 is 8.08. The standard InChI is InChI=1S/C16H19ClN7S.BrH/c1-3-24(11-10-23-9-8-22(2)12-23)14-6-4-13(5-7-14)19-20-16-18-15(17)21-25-16;/h4-9,12H,3,10-11H2,1-2H3;1H/q+1;/p-1. The van der Waals surface area contributed by atoms with Crippen molar-refractivity contribution in [3.8, 4) is 0 Å². The average molecular weight is 457 g/mol. The molecule has 0 aliphatic carbocycles. The van der Waals surface area contributed by atoms with Gasteiger partial charge in [0.25, 0.3) is 0 Å². The molecule has 3 rings (SSSR count). The molecular weight excluding hydrogens is 438 g/mol. The van der Waals surface area contributed by atoms with Gasteiger partial charge in [-0.2, -0.15) is 9.36 Å². The lowest BCUT2D eigenvalue weighted by atomic mass is 10.2. The Balaban J connectivity index is 0.00000243. The van der Waals surface area contributed by atoms with Crippen LogP contribution in [0, 0.1) is 0 Å². The predicted molar refractivity (Wildman–Crippen MR) is 99.0 cm³/mol. The van der Waals surface area contributed by atoms with Gasteiger partial charge in [-0.25, -0.2) is 9.13 Å². The maximum absolute atomic E-state index is 5.67. The number of hydrogen-bond acceptors (Lipinski definition) is 6. The van der Waals surface area contributed by atoms with Crippen molar-refractivity contribution in [2.45, 2.75) is 13.5 Å². The summed E-state index contributed by atoms with van der Waals surface area (Å²) in [6.07, 6.45) is 6.20. The number of rotatable bonds is 7. The Kier molecular flexibility index (Phi) is 7.67. The summed E-state index contributed by atoms with van der Waals surface area (Å²) in [5, 5.41) is 8.84. The summed E-state index contributed by atoms with van der Waals surface area (Å²) in [4.78, 5) is 6.26. The Morgan fingerprint density at radius 1 is 1.27 bits per heavy atom. The molecule has 0 spiro atoms. The van der Waals surface area contributed by atoms with Crippen molar-refractivity contribution in [3.63, 3.8) is 0 Å². The van der Waals surface area contributed by atoms with Gasteiger partial charge in [0.2, 0.25) is 16.7 Å². The molecule has 0 atom stereocenters. The highest BCUT2D eigenvalue weighted by Crippen LogP contribution is 2.23. The van der Waals surface area contributed by atoms with Crippen LogP contribution in [0.4, 0.5) is 16.5 Å². The minimum atomic E-state index is 0. The van der Waals surface area contributed by atoms with E-state index in [0.717, 1.165) is 42.5 Å². The third-order valence-corrected chi connectivity index (χ3v) is 4.56. The van der Waals surface area contributed by atoms with Crippen LogP contribution in [0.15, 0.2) is 53.2 Å². The van der Waals surface area contributed by atoms with Crippen LogP contribution in [0.3, 0.4) is 0 Å². The zero-order chi connectivity index (χ0) is 17.6. The molecule has 0 amide bonds. The molecule has 0 saturated carbocycles. The SMILES string of the molecule is CCN(CCn1cc[n+](C)c1)c1ccc(N=Nc2nc(Cl)ns2)cc1.[Br-]. The number of likely N-dealkylation sites (N-methyl/N-ethyl adjacent to an activating group) is 1. The van der Waals surface area contributed by atoms with E-state index in [4.69, 9.17) is 11.6 Å². The third-order valence-electron chi connectivity index (χ3n) is 3.69. The molecule has 0 unspecified atom stereocenters. The molecule has 138 valence electrons. The van der Waals surface area contributed by atoms with E-state index < -0.39 is 0 Å². The molecule has 0 N–H and O–H groups in total. The Morgan fingerprint density at radius 3 is 2.62 bits per heavy atom. The smallest absolute Gasteiger partial charge is 0.250 e. The van der Waals surface area contributed by atoms with Crippen LogP contribution in [0.1, 0.15) is 6.92 Å². The molecule has 0 fully saturated rings. The lowest BCUT2D eigenvalue weighted by Crippen LogP contribution is -3.00. The van der Waals surface area contributed by atoms with Crippen molar-refractivity contribution in [1.29, 1.82) is 0 Å². The minimum absolute atomic E-state index is 0. The highest BCUT2D eigenvalue weighted by atomic mass is 79.9. The Bertz CT molecular complexity index is 846. The molecule has 0 aliphatic rings. The summed E-state index contributed by atoms with van der Waals surface area (Å²) in [6, 6.07) is 8.00. The molecular formula is C16H19BrClN7S. The fourth-order valence-corrected chi connectivity index (χ4v) is 3.05. The van der Waals surface area contributed by atoms with Crippen molar-refractivity contribution >= 4 is 39.6 Å². The number of halogens is 2. The van der Waals surface area contributed by atoms with Crippen LogP contribution in [-0.4, -0.2) is 27.0 Å². The Hall–Kier alpha value is -1.84. The van der Waals surface area contributed by atoms with Gasteiger partial charge in [-0.05, 0) is 42.8 Å². The van der Waals surface area contributed by atoms with Crippen LogP contribution < -0.4 is 26.4 Å². The zero-order valence-electron chi connectivity index (χ0n) is 14.5. The molecule has 1 aromatic carbocycles. The van der Waals surface area contributed by atoms with Crippen LogP contribution in [0.25, 0.3) is 0 Å². The largest absolute Gasteiger partial charge is 1.00 e. The summed E-state index contributed by atoms with van der Waals surface area (Å²) in [6.45, 7) is 4.98. The zero-order valence-corrected chi connectivity index (χ0v) is 17.6. The molecule has 0 radical (unpaired) electrons. The first-order chi connectivity index (χ1) is 12.1. The summed E-state index contributed by atoms with van der Waals surface area (Å²) in [5.41, 5.74) is 1.93. The second kappa shape index (κ2) is 9.75. The lowest BCUT2D eigenvalue weighted by Gasteiger charge is -2.22. The predicted octanol–water partition coefficient (Wildman–Crippen LogP) is 0.763. The highest BCUT2D eigenvalue weighted by Gasteiger charge is 2.07. The molecule has 7 nitrogen and oxygen atoms in total. The fourth-order valence-electron chi connectivity index (χ4n) is 2.41. The van der Waals surface area contributed by atoms with Gasteiger partial charge in [-0.3, -0.25) is 0 Å². The van der Waals surface area contributed by atoms with Gasteiger partial charge in [0.05, 0.1) is 19.3 Å². The van der Waals surface area contributed by atoms with Crippen molar-refractivity contribution < 1.29 is 21.5 Å². The van der Waals surface area contributed by atoms with Gasteiger partial charge in [-0.1, -0.05) is 0 Å². The molecule has 0 saturated heterocycles. The summed E-state index contributed by atoms with van der Waals surface area (Å²) in [7, 11) is 2.02. The van der Waals surface area contributed by atoms with Crippen molar-refractivity contribution in [2.24, 2.45) is 17.3 Å². The maximum Gasteiger partial charge on any atom is 0.250 e. The second-order valence-corrected chi connectivity index (χ2v) is 6.53. The number of aryl methyl sites for hydroxylation is 1. The number of azo groups is 1. The molecule has 2 heterocycles. The van der Waals surface area contributed by atoms with Crippen LogP contribution >= 0.6 is 23.1 Å². The summed E-state index contributed by atoms with van der Waals surface area (Å²) in [5.74, 6) is 0. The molecule has 26 heavy (non-hydrogen) atoms. The summed E-state index contributed by atoms with van der Waals surface area (Å²) >= 11 is 6.79. The molecule has 0 bridgehead atoms. The van der Waals surface area contributed by atoms with E-state index in [1.54, 1.807) is 0 Å². The quantitative estimate of drug-likeness (QED) is 0.390. The van der Waals surface area contributed by atoms with E-state index in [-0.39, 0.29) is 22.3 Å². The number of nitrogens with zero attached hydrogens (tertiary/aromatic N) is 7. The van der Waals surface area contributed by atoms with Crippen molar-refractivity contribution in [3.05, 3.63) is 48.3 Å². The molecule has 2 aromatic heterocycles. The minimum Gasteiger partial charge on any atom is -1.00 e. The number of benzene rings is 1. The van der Waals surface area contributed by atoms with E-state index in [2.05, 4.69) is 60.6 Å². The Labute approximate surface area is 171 Å². The lowest BCUT2D eigenvalue weighted by molar-refractivity contribution is -0.671. The molecule has 10 heteroatoms. The third kappa shape index (κ3) is 5.58. The van der Waals surface area contributed by atoms with Crippen molar-refractivity contribution in [2.75, 3.05) is 18.0 Å². The number of aromatic nitrogens is 4. The maximum atomic E-state index is 5.67. The first-order valence-corrected chi connectivity index (χ1v) is 9.06. The van der Waals surface area contributed by atoms with Gasteiger partial charge in [0, 0.05) is 23.8 Å². The van der Waals surface area contributed by atoms with Crippen LogP contribution in [-0.2, 0) is 13.6 Å². The monoisotopic (exact) mass is 455 g/mol. The van der Waals surface area contributed by atoms with E-state index in [9.17, 15) is 0 Å². The van der Waals surface area contributed by atoms with E-state index in [1.165, 1.54) is 0 Å². The van der Waals surface area contributed by atoms with E-state index >= 15 is 0 Å². The van der Waals surface area contributed by atoms with Gasteiger partial charge >= 0.3 is 0 Å². The van der Waals surface area contributed by atoms with E-state index in [0.29, 0.717) is 5.13 Å². The molecule has 3 aromatic rings. The second-order valence-electron chi connectivity index (χ2n) is 5.46. The Morgan fingerprint density at radius 2 is 2.04 bits per heavy atom. The number of imidazole rings is 1. The number of hydrogen-bond donors (Lipinski definition) is 0. The van der Waals surface area contributed by atoms with Crippen molar-refractivity contribution in [1.82, 2.24) is 13.9 Å². The average Bonchev–Trinajstić information content (AvgIpc) is 3.23. The van der Waals surface area contributed by atoms with Crippen LogP contribution in [0.2, 0.25) is 5.28 Å². The van der Waals surface area contributed by atoms with E-state index in [1.807, 2.05) is 29.9 Å². The van der Waals surface area contributed by atoms with Gasteiger partial charge in [-0.15, -0.1) is 10.2 Å². The van der Waals surface area contributed by atoms with Crippen LogP contribution in [0.5, 0.6) is 0 Å².